The number of aromatic nitrogens is 6. The van der Waals surface area contributed by atoms with E-state index in [4.69, 9.17) is 32.9 Å². The Labute approximate surface area is 343 Å². The van der Waals surface area contributed by atoms with Crippen LogP contribution in [0.2, 0.25) is 0 Å². The van der Waals surface area contributed by atoms with Crippen molar-refractivity contribution in [1.29, 1.82) is 0 Å². The number of methoxy groups -OCH3 is 1. The number of nitrogens with zero attached hydrogens (tertiary/aromatic N) is 5. The van der Waals surface area contributed by atoms with Gasteiger partial charge in [-0.15, -0.1) is 9.73 Å². The zero-order valence-electron chi connectivity index (χ0n) is 33.1. The number of carbonyl (C=O) groups excluding carboxylic acids is 1. The Morgan fingerprint density at radius 2 is 1.68 bits per heavy atom. The van der Waals surface area contributed by atoms with E-state index in [1.807, 2.05) is 76.2 Å². The summed E-state index contributed by atoms with van der Waals surface area (Å²) in [6.45, 7) is 7.82. The smallest absolute Gasteiger partial charge is 0.288 e. The predicted octanol–water partition coefficient (Wildman–Crippen LogP) is 7.22. The van der Waals surface area contributed by atoms with Crippen LogP contribution >= 0.6 is 0 Å². The second-order valence-corrected chi connectivity index (χ2v) is 14.4. The largest absolute Gasteiger partial charge is 0.497 e. The van der Waals surface area contributed by atoms with E-state index in [-0.39, 0.29) is 42.5 Å². The van der Waals surface area contributed by atoms with Gasteiger partial charge in [0.15, 0.2) is 23.3 Å². The third-order valence-electron chi connectivity index (χ3n) is 9.05. The van der Waals surface area contributed by atoms with Crippen molar-refractivity contribution in [3.8, 4) is 46.1 Å². The van der Waals surface area contributed by atoms with E-state index in [1.165, 1.54) is 4.63 Å². The monoisotopic (exact) mass is 820 g/mol. The van der Waals surface area contributed by atoms with Gasteiger partial charge in [-0.25, -0.2) is 14.4 Å². The quantitative estimate of drug-likeness (QED) is 0.0702. The molecule has 1 amide bonds. The predicted molar refractivity (Wildman–Crippen MR) is 221 cm³/mol. The van der Waals surface area contributed by atoms with Crippen molar-refractivity contribution in [2.45, 2.75) is 46.1 Å². The molecule has 4 aromatic carbocycles. The highest BCUT2D eigenvalue weighted by atomic mass is 32.2. The van der Waals surface area contributed by atoms with E-state index >= 15 is 0 Å². The summed E-state index contributed by atoms with van der Waals surface area (Å²) < 4.78 is 54.5. The maximum atomic E-state index is 13.5. The average molecular weight is 821 g/mol. The highest BCUT2D eigenvalue weighted by Gasteiger charge is 2.24. The summed E-state index contributed by atoms with van der Waals surface area (Å²) in [5.74, 6) is 2.99. The molecule has 3 heterocycles. The second-order valence-electron chi connectivity index (χ2n) is 13.4. The summed E-state index contributed by atoms with van der Waals surface area (Å²) >= 11 is -2.06. The Balaban J connectivity index is 1.04. The Morgan fingerprint density at radius 1 is 0.898 bits per heavy atom. The number of carbonyl (C=O) groups is 1. The molecule has 59 heavy (non-hydrogen) atoms. The maximum Gasteiger partial charge on any atom is 0.288 e. The van der Waals surface area contributed by atoms with E-state index in [1.54, 1.807) is 72.7 Å². The molecule has 0 aliphatic rings. The topological polar surface area (TPSA) is 177 Å². The molecule has 7 aromatic rings. The summed E-state index contributed by atoms with van der Waals surface area (Å²) in [5.41, 5.74) is 3.40. The fraction of sp³-hybridized carbons (Fsp3) is 0.238. The van der Waals surface area contributed by atoms with E-state index in [2.05, 4.69) is 25.3 Å². The van der Waals surface area contributed by atoms with Gasteiger partial charge in [0.25, 0.3) is 23.1 Å². The van der Waals surface area contributed by atoms with Gasteiger partial charge in [-0.3, -0.25) is 9.89 Å². The van der Waals surface area contributed by atoms with Gasteiger partial charge in [-0.2, -0.15) is 9.31 Å². The number of benzene rings is 4. The number of aromatic amines is 1. The Hall–Kier alpha value is -6.85. The molecule has 0 aliphatic heterocycles. The molecule has 0 saturated carbocycles. The zero-order valence-corrected chi connectivity index (χ0v) is 33.9. The second kappa shape index (κ2) is 18.6. The summed E-state index contributed by atoms with van der Waals surface area (Å²) in [4.78, 5) is 18.2. The van der Waals surface area contributed by atoms with Crippen LogP contribution in [0, 0.1) is 13.8 Å². The summed E-state index contributed by atoms with van der Waals surface area (Å²) in [5, 5.41) is 15.0. The third-order valence-corrected chi connectivity index (χ3v) is 9.78. The van der Waals surface area contributed by atoms with Crippen molar-refractivity contribution in [1.82, 2.24) is 34.3 Å². The average Bonchev–Trinajstić information content (AvgIpc) is 3.99. The van der Waals surface area contributed by atoms with E-state index in [0.717, 1.165) is 11.1 Å². The van der Waals surface area contributed by atoms with E-state index < -0.39 is 17.4 Å². The number of ether oxygens (including phenoxy) is 5. The fourth-order valence-corrected chi connectivity index (χ4v) is 6.67. The van der Waals surface area contributed by atoms with Gasteiger partial charge in [-0.05, 0) is 86.5 Å². The minimum atomic E-state index is -2.06. The first-order valence-electron chi connectivity index (χ1n) is 18.8. The standard InChI is InChI=1S/C42H44N8O8S/c1-6-34(57-35-19-13-27(2)23-28(35)3)41(51)45-30-14-20-36(56-33-17-15-31(53-5)16-18-33)37(24-30)58-59(52)44-25-29(4)39-46-40-38(49-22-10-21-43-49)42(48-50(40)47-39)55-26-54-32-11-8-7-9-12-32/h7-24,29,34,44H,6,25-26H2,1-5H3,(H,45,51)(H,46,47). The molecule has 7 rings (SSSR count). The van der Waals surface area contributed by atoms with E-state index in [9.17, 15) is 9.00 Å². The molecule has 0 radical (unpaired) electrons. The first-order valence-corrected chi connectivity index (χ1v) is 19.9. The Morgan fingerprint density at radius 3 is 2.41 bits per heavy atom. The number of para-hydroxylation sites is 1. The number of aryl methyl sites for hydroxylation is 2. The van der Waals surface area contributed by atoms with Crippen molar-refractivity contribution in [2.24, 2.45) is 0 Å². The first-order chi connectivity index (χ1) is 28.7. The fourth-order valence-electron chi connectivity index (χ4n) is 5.93. The van der Waals surface area contributed by atoms with Crippen LogP contribution in [0.25, 0.3) is 11.3 Å². The zero-order chi connectivity index (χ0) is 41.3. The molecular formula is C42H44N8O8S. The molecule has 0 aliphatic carbocycles. The molecule has 0 spiro atoms. The summed E-state index contributed by atoms with van der Waals surface area (Å²) in [6.07, 6.45) is 3.07. The van der Waals surface area contributed by atoms with Gasteiger partial charge in [0.05, 0.1) is 7.11 Å². The number of hydrogen-bond acceptors (Lipinski definition) is 11. The van der Waals surface area contributed by atoms with E-state index in [0.29, 0.717) is 52.3 Å². The van der Waals surface area contributed by atoms with Crippen molar-refractivity contribution in [2.75, 3.05) is 25.8 Å². The minimum Gasteiger partial charge on any atom is -0.497 e. The summed E-state index contributed by atoms with van der Waals surface area (Å²) in [6, 6.07) is 28.7. The van der Waals surface area contributed by atoms with Gasteiger partial charge < -0.3 is 33.2 Å². The van der Waals surface area contributed by atoms with Crippen LogP contribution in [0.3, 0.4) is 0 Å². The molecule has 0 fully saturated rings. The lowest BCUT2D eigenvalue weighted by molar-refractivity contribution is -0.122. The highest BCUT2D eigenvalue weighted by Crippen LogP contribution is 2.36. The van der Waals surface area contributed by atoms with Crippen LogP contribution in [0.1, 0.15) is 43.1 Å². The molecule has 3 aromatic heterocycles. The maximum absolute atomic E-state index is 13.5. The van der Waals surface area contributed by atoms with Crippen molar-refractivity contribution >= 4 is 28.5 Å². The molecule has 3 N–H and O–H groups in total. The molecule has 0 bridgehead atoms. The third kappa shape index (κ3) is 10.0. The minimum absolute atomic E-state index is 0.0824. The van der Waals surface area contributed by atoms with Crippen LogP contribution in [0.15, 0.2) is 109 Å². The van der Waals surface area contributed by atoms with Gasteiger partial charge in [0.1, 0.15) is 28.8 Å². The lowest BCUT2D eigenvalue weighted by Crippen LogP contribution is -2.32. The summed E-state index contributed by atoms with van der Waals surface area (Å²) in [7, 11) is 1.58. The van der Waals surface area contributed by atoms with Crippen molar-refractivity contribution in [3.63, 3.8) is 0 Å². The van der Waals surface area contributed by atoms with Crippen LogP contribution in [0.4, 0.5) is 5.69 Å². The van der Waals surface area contributed by atoms with Crippen molar-refractivity contribution in [3.05, 3.63) is 126 Å². The van der Waals surface area contributed by atoms with Gasteiger partial charge in [-0.1, -0.05) is 49.7 Å². The van der Waals surface area contributed by atoms with Crippen molar-refractivity contribution < 1.29 is 36.9 Å². The highest BCUT2D eigenvalue weighted by molar-refractivity contribution is 7.78. The number of H-pyrrole nitrogens is 1. The molecule has 3 unspecified atom stereocenters. The lowest BCUT2D eigenvalue weighted by Gasteiger charge is -2.19. The van der Waals surface area contributed by atoms with Crippen LogP contribution in [-0.2, 0) is 16.1 Å². The SMILES string of the molecule is CCC(Oc1ccc(C)cc1C)C(=O)Nc1ccc(Oc2ccc(OC)cc2)c(OS(=O)NCC(C)c2nc3c(-n4cccn4)c(OCOc4ccccc4)nn3[nH]2)c1. The first kappa shape index (κ1) is 40.4. The number of amides is 1. The van der Waals surface area contributed by atoms with Gasteiger partial charge in [0.2, 0.25) is 12.4 Å². The molecule has 306 valence electrons. The number of fused-ring (bicyclic) bond motifs is 1. The van der Waals surface area contributed by atoms with Crippen LogP contribution < -0.4 is 37.9 Å². The van der Waals surface area contributed by atoms with Gasteiger partial charge in [0, 0.05) is 36.6 Å². The number of anilines is 1. The molecule has 3 atom stereocenters. The van der Waals surface area contributed by atoms with Crippen LogP contribution in [0.5, 0.6) is 40.4 Å². The molecule has 0 saturated heterocycles. The Bertz CT molecular complexity index is 2510. The van der Waals surface area contributed by atoms with Crippen LogP contribution in [-0.4, -0.2) is 66.3 Å². The molecule has 16 nitrogen and oxygen atoms in total. The number of rotatable bonds is 19. The molecule has 17 heteroatoms. The Kier molecular flexibility index (Phi) is 12.7. The molecular weight excluding hydrogens is 777 g/mol. The van der Waals surface area contributed by atoms with Gasteiger partial charge >= 0.3 is 0 Å². The number of hydrogen-bond donors (Lipinski definition) is 3. The lowest BCUT2D eigenvalue weighted by atomic mass is 10.1. The normalized spacial score (nSPS) is 12.7. The number of nitrogens with one attached hydrogen (secondary N) is 3.